The fraction of sp³-hybridized carbons (Fsp3) is 0.250. The summed E-state index contributed by atoms with van der Waals surface area (Å²) in [5, 5.41) is 11.5. The Morgan fingerprint density at radius 3 is 2.50 bits per heavy atom. The molecule has 1 aromatic rings. The topological polar surface area (TPSA) is 86.7 Å². The molecule has 1 heterocycles. The van der Waals surface area contributed by atoms with Crippen molar-refractivity contribution in [2.45, 2.75) is 12.5 Å². The molecule has 2 rings (SSSR count). The van der Waals surface area contributed by atoms with E-state index in [1.165, 1.54) is 0 Å². The molecule has 6 heteroatoms. The Hall–Kier alpha value is -2.37. The number of carbonyl (C=O) groups excluding carboxylic acids is 2. The van der Waals surface area contributed by atoms with Gasteiger partial charge < -0.3 is 10.4 Å². The van der Waals surface area contributed by atoms with E-state index in [9.17, 15) is 14.4 Å². The van der Waals surface area contributed by atoms with Crippen molar-refractivity contribution < 1.29 is 19.5 Å². The van der Waals surface area contributed by atoms with E-state index in [2.05, 4.69) is 5.32 Å². The molecule has 1 saturated heterocycles. The van der Waals surface area contributed by atoms with Crippen LogP contribution in [0.25, 0.3) is 0 Å². The van der Waals surface area contributed by atoms with Crippen molar-refractivity contribution in [2.24, 2.45) is 0 Å². The van der Waals surface area contributed by atoms with E-state index in [1.54, 1.807) is 24.3 Å². The minimum Gasteiger partial charge on any atom is -0.480 e. The highest BCUT2D eigenvalue weighted by molar-refractivity contribution is 6.04. The van der Waals surface area contributed by atoms with Gasteiger partial charge in [0.05, 0.1) is 6.54 Å². The highest BCUT2D eigenvalue weighted by Crippen LogP contribution is 2.12. The van der Waals surface area contributed by atoms with Crippen LogP contribution in [0.1, 0.15) is 5.56 Å². The third-order valence-corrected chi connectivity index (χ3v) is 2.75. The van der Waals surface area contributed by atoms with E-state index in [-0.39, 0.29) is 13.0 Å². The van der Waals surface area contributed by atoms with Crippen LogP contribution >= 0.6 is 0 Å². The lowest BCUT2D eigenvalue weighted by molar-refractivity contribution is -0.146. The number of nitrogens with zero attached hydrogens (tertiary/aromatic N) is 1. The lowest BCUT2D eigenvalue weighted by atomic mass is 10.1. The molecule has 1 unspecified atom stereocenters. The average molecular weight is 248 g/mol. The number of aliphatic carboxylic acids is 1. The first-order valence-corrected chi connectivity index (χ1v) is 5.46. The largest absolute Gasteiger partial charge is 0.480 e. The van der Waals surface area contributed by atoms with Crippen LogP contribution in [0.5, 0.6) is 0 Å². The minimum absolute atomic E-state index is 0.106. The summed E-state index contributed by atoms with van der Waals surface area (Å²) in [4.78, 5) is 34.9. The second kappa shape index (κ2) is 4.87. The maximum Gasteiger partial charge on any atom is 0.327 e. The summed E-state index contributed by atoms with van der Waals surface area (Å²) >= 11 is 0. The summed E-state index contributed by atoms with van der Waals surface area (Å²) in [5.41, 5.74) is 0.761. The van der Waals surface area contributed by atoms with Crippen LogP contribution < -0.4 is 5.32 Å². The first kappa shape index (κ1) is 12.1. The quantitative estimate of drug-likeness (QED) is 0.747. The molecule has 3 amide bonds. The highest BCUT2D eigenvalue weighted by atomic mass is 16.4. The fourth-order valence-electron chi connectivity index (χ4n) is 1.88. The van der Waals surface area contributed by atoms with Crippen LogP contribution in [0.2, 0.25) is 0 Å². The van der Waals surface area contributed by atoms with Crippen LogP contribution in [0, 0.1) is 0 Å². The number of urea groups is 1. The number of amides is 3. The van der Waals surface area contributed by atoms with Gasteiger partial charge >= 0.3 is 12.0 Å². The van der Waals surface area contributed by atoms with Gasteiger partial charge in [0.25, 0.3) is 5.91 Å². The lowest BCUT2D eigenvalue weighted by Crippen LogP contribution is -2.46. The van der Waals surface area contributed by atoms with Crippen LogP contribution in [-0.2, 0) is 16.0 Å². The zero-order chi connectivity index (χ0) is 13.1. The predicted octanol–water partition coefficient (Wildman–Crippen LogP) is 0.234. The van der Waals surface area contributed by atoms with E-state index < -0.39 is 23.9 Å². The van der Waals surface area contributed by atoms with Crippen molar-refractivity contribution in [1.29, 1.82) is 0 Å². The van der Waals surface area contributed by atoms with Gasteiger partial charge in [-0.3, -0.25) is 4.79 Å². The number of carboxylic acids is 1. The number of rotatable bonds is 4. The molecule has 6 nitrogen and oxygen atoms in total. The number of benzene rings is 1. The normalized spacial score (nSPS) is 16.6. The number of hydrogen-bond donors (Lipinski definition) is 2. The van der Waals surface area contributed by atoms with Crippen molar-refractivity contribution in [3.8, 4) is 0 Å². The average Bonchev–Trinajstić information content (AvgIpc) is 2.67. The molecule has 1 aliphatic heterocycles. The van der Waals surface area contributed by atoms with E-state index in [1.807, 2.05) is 6.07 Å². The molecule has 2 N–H and O–H groups in total. The molecule has 0 aromatic heterocycles. The molecule has 0 bridgehead atoms. The second-order valence-electron chi connectivity index (χ2n) is 3.97. The number of nitrogens with one attached hydrogen (secondary N) is 1. The molecule has 1 fully saturated rings. The summed E-state index contributed by atoms with van der Waals surface area (Å²) in [7, 11) is 0. The molecule has 1 atom stereocenters. The number of imide groups is 1. The van der Waals surface area contributed by atoms with Crippen molar-refractivity contribution in [3.05, 3.63) is 35.9 Å². The van der Waals surface area contributed by atoms with E-state index in [0.717, 1.165) is 10.5 Å². The van der Waals surface area contributed by atoms with Crippen molar-refractivity contribution in [2.75, 3.05) is 6.54 Å². The van der Waals surface area contributed by atoms with Crippen molar-refractivity contribution in [3.63, 3.8) is 0 Å². The number of carbonyl (C=O) groups is 3. The Kier molecular flexibility index (Phi) is 3.27. The Balaban J connectivity index is 2.21. The molecule has 94 valence electrons. The molecule has 0 radical (unpaired) electrons. The molecular weight excluding hydrogens is 236 g/mol. The smallest absolute Gasteiger partial charge is 0.327 e. The summed E-state index contributed by atoms with van der Waals surface area (Å²) < 4.78 is 0. The summed E-state index contributed by atoms with van der Waals surface area (Å²) in [6, 6.07) is 7.07. The lowest BCUT2D eigenvalue weighted by Gasteiger charge is -2.21. The number of hydrogen-bond acceptors (Lipinski definition) is 3. The predicted molar refractivity (Wildman–Crippen MR) is 61.8 cm³/mol. The standard InChI is InChI=1S/C12H12N2O4/c15-10-7-13-12(18)14(10)9(11(16)17)6-8-4-2-1-3-5-8/h1-5,9H,6-7H2,(H,13,18)(H,16,17). The first-order valence-electron chi connectivity index (χ1n) is 5.46. The van der Waals surface area contributed by atoms with Gasteiger partial charge in [-0.25, -0.2) is 14.5 Å². The van der Waals surface area contributed by atoms with Crippen LogP contribution in [0.3, 0.4) is 0 Å². The Labute approximate surface area is 103 Å². The fourth-order valence-corrected chi connectivity index (χ4v) is 1.88. The van der Waals surface area contributed by atoms with Crippen LogP contribution in [0.15, 0.2) is 30.3 Å². The summed E-state index contributed by atoms with van der Waals surface area (Å²) in [5.74, 6) is -1.70. The summed E-state index contributed by atoms with van der Waals surface area (Å²) in [6.07, 6.45) is 0.106. The Morgan fingerprint density at radius 1 is 1.33 bits per heavy atom. The molecule has 18 heavy (non-hydrogen) atoms. The summed E-state index contributed by atoms with van der Waals surface area (Å²) in [6.45, 7) is -0.141. The van der Waals surface area contributed by atoms with Gasteiger partial charge in [-0.05, 0) is 5.56 Å². The monoisotopic (exact) mass is 248 g/mol. The van der Waals surface area contributed by atoms with E-state index in [0.29, 0.717) is 0 Å². The van der Waals surface area contributed by atoms with Crippen molar-refractivity contribution >= 4 is 17.9 Å². The van der Waals surface area contributed by atoms with E-state index in [4.69, 9.17) is 5.11 Å². The van der Waals surface area contributed by atoms with Gasteiger partial charge in [-0.1, -0.05) is 30.3 Å². The SMILES string of the molecule is O=C(O)C(Cc1ccccc1)N1C(=O)CNC1=O. The molecule has 1 aromatic carbocycles. The molecular formula is C12H12N2O4. The van der Waals surface area contributed by atoms with Gasteiger partial charge in [0.15, 0.2) is 0 Å². The minimum atomic E-state index is -1.19. The molecule has 0 aliphatic carbocycles. The Morgan fingerprint density at radius 2 is 2.00 bits per heavy atom. The van der Waals surface area contributed by atoms with Gasteiger partial charge in [-0.2, -0.15) is 0 Å². The van der Waals surface area contributed by atoms with E-state index >= 15 is 0 Å². The van der Waals surface area contributed by atoms with Gasteiger partial charge in [0.1, 0.15) is 6.04 Å². The first-order chi connectivity index (χ1) is 8.59. The highest BCUT2D eigenvalue weighted by Gasteiger charge is 2.38. The Bertz CT molecular complexity index is 470. The van der Waals surface area contributed by atoms with Gasteiger partial charge in [0, 0.05) is 6.42 Å². The van der Waals surface area contributed by atoms with Gasteiger partial charge in [0.2, 0.25) is 0 Å². The molecule has 0 spiro atoms. The zero-order valence-corrected chi connectivity index (χ0v) is 9.50. The number of carboxylic acid groups (broad SMARTS) is 1. The van der Waals surface area contributed by atoms with Gasteiger partial charge in [-0.15, -0.1) is 0 Å². The molecule has 0 saturated carbocycles. The maximum atomic E-state index is 11.5. The maximum absolute atomic E-state index is 11.5. The second-order valence-corrected chi connectivity index (χ2v) is 3.97. The third-order valence-electron chi connectivity index (χ3n) is 2.75. The third kappa shape index (κ3) is 2.32. The molecule has 1 aliphatic rings. The van der Waals surface area contributed by atoms with Crippen LogP contribution in [0.4, 0.5) is 4.79 Å². The zero-order valence-electron chi connectivity index (χ0n) is 9.50. The van der Waals surface area contributed by atoms with Crippen molar-refractivity contribution in [1.82, 2.24) is 10.2 Å². The van der Waals surface area contributed by atoms with Crippen LogP contribution in [-0.4, -0.2) is 40.5 Å².